The second kappa shape index (κ2) is 10.9. The third-order valence-corrected chi connectivity index (χ3v) is 6.38. The summed E-state index contributed by atoms with van der Waals surface area (Å²) in [5.74, 6) is -0.877. The van der Waals surface area contributed by atoms with Crippen molar-refractivity contribution in [3.05, 3.63) is 97.0 Å². The van der Waals surface area contributed by atoms with Gasteiger partial charge in [0.25, 0.3) is 17.5 Å². The zero-order valence-corrected chi connectivity index (χ0v) is 22.2. The Kier molecular flexibility index (Phi) is 7.58. The molecule has 3 aromatic rings. The van der Waals surface area contributed by atoms with Crippen LogP contribution in [0.4, 0.5) is 16.2 Å². The van der Waals surface area contributed by atoms with Crippen molar-refractivity contribution >= 4 is 51.2 Å². The van der Waals surface area contributed by atoms with Crippen LogP contribution in [0.2, 0.25) is 0 Å². The maximum absolute atomic E-state index is 13.3. The second-order valence-corrected chi connectivity index (χ2v) is 9.39. The molecule has 4 amide bonds. The quantitative estimate of drug-likeness (QED) is 0.176. The molecule has 10 nitrogen and oxygen atoms in total. The summed E-state index contributed by atoms with van der Waals surface area (Å²) in [6.45, 7) is 3.81. The molecule has 4 rings (SSSR count). The van der Waals surface area contributed by atoms with E-state index in [4.69, 9.17) is 9.47 Å². The number of methoxy groups -OCH3 is 1. The van der Waals surface area contributed by atoms with Gasteiger partial charge < -0.3 is 9.47 Å². The normalized spacial score (nSPS) is 14.5. The van der Waals surface area contributed by atoms with Gasteiger partial charge in [-0.25, -0.2) is 9.69 Å². The van der Waals surface area contributed by atoms with Gasteiger partial charge in [-0.05, 0) is 78.6 Å². The molecule has 194 valence electrons. The zero-order chi connectivity index (χ0) is 27.6. The Hall–Kier alpha value is -4.51. The van der Waals surface area contributed by atoms with E-state index in [0.29, 0.717) is 32.8 Å². The number of ether oxygens (including phenoxy) is 2. The number of carbonyl (C=O) groups is 3. The number of nitrogens with one attached hydrogen (secondary N) is 1. The number of benzene rings is 3. The molecule has 1 saturated heterocycles. The molecule has 1 aliphatic rings. The summed E-state index contributed by atoms with van der Waals surface area (Å²) in [4.78, 5) is 49.8. The Morgan fingerprint density at radius 1 is 1.00 bits per heavy atom. The number of imide groups is 2. The number of rotatable bonds is 7. The number of hydrogen-bond donors (Lipinski definition) is 1. The van der Waals surface area contributed by atoms with Crippen molar-refractivity contribution in [2.75, 3.05) is 12.0 Å². The molecular formula is C27H22BrN3O7. The van der Waals surface area contributed by atoms with E-state index in [1.165, 1.54) is 25.3 Å². The second-order valence-electron chi connectivity index (χ2n) is 8.54. The first kappa shape index (κ1) is 26.6. The van der Waals surface area contributed by atoms with E-state index >= 15 is 0 Å². The highest BCUT2D eigenvalue weighted by molar-refractivity contribution is 9.10. The molecule has 1 aliphatic heterocycles. The summed E-state index contributed by atoms with van der Waals surface area (Å²) in [6, 6.07) is 13.6. The summed E-state index contributed by atoms with van der Waals surface area (Å²) >= 11 is 3.44. The van der Waals surface area contributed by atoms with Crippen LogP contribution >= 0.6 is 15.9 Å². The van der Waals surface area contributed by atoms with Gasteiger partial charge in [-0.3, -0.25) is 25.0 Å². The van der Waals surface area contributed by atoms with Crippen LogP contribution in [-0.4, -0.2) is 29.9 Å². The first-order valence-electron chi connectivity index (χ1n) is 11.3. The van der Waals surface area contributed by atoms with Gasteiger partial charge in [-0.15, -0.1) is 0 Å². The van der Waals surface area contributed by atoms with Crippen molar-refractivity contribution < 1.29 is 28.8 Å². The Bertz CT molecular complexity index is 1480. The molecular weight excluding hydrogens is 558 g/mol. The highest BCUT2D eigenvalue weighted by Gasteiger charge is 2.37. The van der Waals surface area contributed by atoms with Gasteiger partial charge in [0, 0.05) is 16.6 Å². The number of nitrogens with zero attached hydrogens (tertiary/aromatic N) is 2. The average molecular weight is 580 g/mol. The first-order valence-corrected chi connectivity index (χ1v) is 12.1. The summed E-state index contributed by atoms with van der Waals surface area (Å²) in [6.07, 6.45) is 1.37. The highest BCUT2D eigenvalue weighted by Crippen LogP contribution is 2.36. The topological polar surface area (TPSA) is 128 Å². The van der Waals surface area contributed by atoms with Crippen molar-refractivity contribution in [2.24, 2.45) is 0 Å². The SMILES string of the molecule is COc1cc(/C=C2\C(=O)NC(=O)N(c3cc(C)cc(C)c3)C2=O)c(Br)cc1OCc1ccc([N+](=O)[O-])cc1. The lowest BCUT2D eigenvalue weighted by atomic mass is 10.0. The van der Waals surface area contributed by atoms with Crippen LogP contribution in [-0.2, 0) is 16.2 Å². The van der Waals surface area contributed by atoms with E-state index in [-0.39, 0.29) is 17.9 Å². The minimum Gasteiger partial charge on any atom is -0.493 e. The largest absolute Gasteiger partial charge is 0.493 e. The lowest BCUT2D eigenvalue weighted by Crippen LogP contribution is -2.54. The van der Waals surface area contributed by atoms with E-state index < -0.39 is 22.8 Å². The molecule has 0 atom stereocenters. The Labute approximate surface area is 226 Å². The number of nitro groups is 1. The molecule has 0 unspecified atom stereocenters. The van der Waals surface area contributed by atoms with Crippen LogP contribution in [0, 0.1) is 24.0 Å². The van der Waals surface area contributed by atoms with Gasteiger partial charge in [-0.1, -0.05) is 22.0 Å². The van der Waals surface area contributed by atoms with E-state index in [1.54, 1.807) is 36.4 Å². The predicted molar refractivity (Wildman–Crippen MR) is 143 cm³/mol. The fourth-order valence-corrected chi connectivity index (χ4v) is 4.37. The number of halogens is 1. The molecule has 3 aromatic carbocycles. The van der Waals surface area contributed by atoms with E-state index in [9.17, 15) is 24.5 Å². The summed E-state index contributed by atoms with van der Waals surface area (Å²) in [5.41, 5.74) is 2.98. The van der Waals surface area contributed by atoms with Crippen LogP contribution < -0.4 is 19.7 Å². The number of anilines is 1. The number of amides is 4. The number of aryl methyl sites for hydroxylation is 2. The average Bonchev–Trinajstić information content (AvgIpc) is 2.85. The molecule has 11 heteroatoms. The minimum atomic E-state index is -0.825. The summed E-state index contributed by atoms with van der Waals surface area (Å²) in [7, 11) is 1.44. The number of barbiturate groups is 1. The smallest absolute Gasteiger partial charge is 0.335 e. The van der Waals surface area contributed by atoms with Gasteiger partial charge in [0.05, 0.1) is 17.7 Å². The molecule has 0 aliphatic carbocycles. The highest BCUT2D eigenvalue weighted by atomic mass is 79.9. The van der Waals surface area contributed by atoms with Crippen molar-refractivity contribution in [3.8, 4) is 11.5 Å². The molecule has 0 bridgehead atoms. The first-order chi connectivity index (χ1) is 18.1. The molecule has 1 heterocycles. The van der Waals surface area contributed by atoms with E-state index in [0.717, 1.165) is 16.0 Å². The van der Waals surface area contributed by atoms with Crippen molar-refractivity contribution in [2.45, 2.75) is 20.5 Å². The maximum Gasteiger partial charge on any atom is 0.335 e. The Balaban J connectivity index is 1.62. The van der Waals surface area contributed by atoms with Crippen LogP contribution in [0.1, 0.15) is 22.3 Å². The number of nitro benzene ring substituents is 1. The summed E-state index contributed by atoms with van der Waals surface area (Å²) < 4.78 is 11.8. The van der Waals surface area contributed by atoms with Gasteiger partial charge in [0.2, 0.25) is 0 Å². The van der Waals surface area contributed by atoms with E-state index in [2.05, 4.69) is 21.2 Å². The van der Waals surface area contributed by atoms with Gasteiger partial charge in [0.1, 0.15) is 12.2 Å². The fraction of sp³-hybridized carbons (Fsp3) is 0.148. The standard InChI is InChI=1S/C27H22BrN3O7/c1-15-8-16(2)10-20(9-15)30-26(33)21(25(32)29-27(30)34)11-18-12-23(37-3)24(13-22(18)28)38-14-17-4-6-19(7-5-17)31(35)36/h4-13H,14H2,1-3H3,(H,29,32,34)/b21-11+. The van der Waals surface area contributed by atoms with Crippen LogP contribution in [0.3, 0.4) is 0 Å². The molecule has 0 saturated carbocycles. The third-order valence-electron chi connectivity index (χ3n) is 5.69. The van der Waals surface area contributed by atoms with Gasteiger partial charge in [-0.2, -0.15) is 0 Å². The predicted octanol–water partition coefficient (Wildman–Crippen LogP) is 5.23. The van der Waals surface area contributed by atoms with Gasteiger partial charge in [0.15, 0.2) is 11.5 Å². The van der Waals surface area contributed by atoms with Crippen LogP contribution in [0.5, 0.6) is 11.5 Å². The monoisotopic (exact) mass is 579 g/mol. The summed E-state index contributed by atoms with van der Waals surface area (Å²) in [5, 5.41) is 13.1. The molecule has 1 fully saturated rings. The molecule has 38 heavy (non-hydrogen) atoms. The molecule has 1 N–H and O–H groups in total. The third kappa shape index (κ3) is 5.57. The van der Waals surface area contributed by atoms with E-state index in [1.807, 2.05) is 19.9 Å². The number of carbonyl (C=O) groups excluding carboxylic acids is 3. The Morgan fingerprint density at radius 3 is 2.26 bits per heavy atom. The lowest BCUT2D eigenvalue weighted by Gasteiger charge is -2.27. The molecule has 0 radical (unpaired) electrons. The minimum absolute atomic E-state index is 0.0226. The van der Waals surface area contributed by atoms with Crippen molar-refractivity contribution in [1.82, 2.24) is 5.32 Å². The Morgan fingerprint density at radius 2 is 1.66 bits per heavy atom. The fourth-order valence-electron chi connectivity index (χ4n) is 3.94. The van der Waals surface area contributed by atoms with Crippen LogP contribution in [0.15, 0.2) is 64.6 Å². The van der Waals surface area contributed by atoms with Crippen molar-refractivity contribution in [1.29, 1.82) is 0 Å². The van der Waals surface area contributed by atoms with Crippen LogP contribution in [0.25, 0.3) is 6.08 Å². The maximum atomic E-state index is 13.3. The molecule has 0 aromatic heterocycles. The lowest BCUT2D eigenvalue weighted by molar-refractivity contribution is -0.384. The van der Waals surface area contributed by atoms with Gasteiger partial charge >= 0.3 is 6.03 Å². The number of hydrogen-bond acceptors (Lipinski definition) is 7. The number of urea groups is 1. The zero-order valence-electron chi connectivity index (χ0n) is 20.6. The molecule has 0 spiro atoms. The number of non-ortho nitro benzene ring substituents is 1. The van der Waals surface area contributed by atoms with Crippen molar-refractivity contribution in [3.63, 3.8) is 0 Å².